The Morgan fingerprint density at radius 2 is 2.09 bits per heavy atom. The highest BCUT2D eigenvalue weighted by molar-refractivity contribution is 5.85. The van der Waals surface area contributed by atoms with Gasteiger partial charge in [0.2, 0.25) is 0 Å². The molecule has 0 unspecified atom stereocenters. The Bertz CT molecular complexity index is 541. The minimum Gasteiger partial charge on any atom is -0.368 e. The van der Waals surface area contributed by atoms with Gasteiger partial charge >= 0.3 is 12.3 Å². The van der Waals surface area contributed by atoms with Crippen LogP contribution in [0.25, 0.3) is 0 Å². The second-order valence-electron chi connectivity index (χ2n) is 5.22. The Hall–Kier alpha value is -1.19. The summed E-state index contributed by atoms with van der Waals surface area (Å²) < 4.78 is 68.2. The molecule has 1 saturated heterocycles. The second kappa shape index (κ2) is 7.14. The lowest BCUT2D eigenvalue weighted by molar-refractivity contribution is -0.278. The summed E-state index contributed by atoms with van der Waals surface area (Å²) in [6.45, 7) is 2.59. The monoisotopic (exact) mass is 361 g/mol. The molecule has 0 spiro atoms. The molecule has 0 amide bonds. The number of hydrogen-bond donors (Lipinski definition) is 2. The van der Waals surface area contributed by atoms with Crippen molar-refractivity contribution in [1.29, 1.82) is 0 Å². The van der Waals surface area contributed by atoms with E-state index in [4.69, 9.17) is 0 Å². The molecule has 2 rings (SSSR count). The number of hydrogen-bond acceptors (Lipinski definition) is 4. The van der Waals surface area contributed by atoms with E-state index in [0.717, 1.165) is 12.3 Å². The Labute approximate surface area is 136 Å². The maximum absolute atomic E-state index is 13.0. The number of nitrogens with one attached hydrogen (secondary N) is 2. The first-order valence-corrected chi connectivity index (χ1v) is 6.65. The summed E-state index contributed by atoms with van der Waals surface area (Å²) in [6.07, 6.45) is -7.67. The number of halogens is 6. The number of aryl methyl sites for hydroxylation is 1. The van der Waals surface area contributed by atoms with Gasteiger partial charge in [-0.25, -0.2) is 4.98 Å². The van der Waals surface area contributed by atoms with Gasteiger partial charge in [-0.3, -0.25) is 0 Å². The minimum absolute atomic E-state index is 0. The number of ether oxygens (including phenoxy) is 1. The third-order valence-electron chi connectivity index (χ3n) is 3.39. The highest BCUT2D eigenvalue weighted by atomic mass is 35.5. The van der Waals surface area contributed by atoms with E-state index in [-0.39, 0.29) is 24.8 Å². The second-order valence-corrected chi connectivity index (χ2v) is 5.22. The molecule has 23 heavy (non-hydrogen) atoms. The lowest BCUT2D eigenvalue weighted by atomic mass is 10.1. The van der Waals surface area contributed by atoms with E-state index in [1.165, 1.54) is 13.8 Å². The molecule has 2 N–H and O–H groups in total. The third kappa shape index (κ3) is 5.15. The van der Waals surface area contributed by atoms with Crippen LogP contribution in [0.1, 0.15) is 18.1 Å². The molecule has 1 aliphatic heterocycles. The fraction of sp³-hybridized carbons (Fsp3) is 0.615. The van der Waals surface area contributed by atoms with E-state index < -0.39 is 36.5 Å². The fourth-order valence-electron chi connectivity index (χ4n) is 2.17. The number of morpholine rings is 1. The standard InChI is InChI=1S/C13H16F5N3O.ClH/c1-7-3-9(13(16,17)18)4-19-11(7)20-5-10-8(2)22-12(14,15)6-21-10;/h3-4,8,10,21H,5-6H2,1-2H3,(H,19,20);1H/t8-,10+;/m0./s1. The van der Waals surface area contributed by atoms with Gasteiger partial charge in [0.1, 0.15) is 5.82 Å². The Kier molecular flexibility index (Phi) is 6.17. The van der Waals surface area contributed by atoms with Crippen LogP contribution in [0.15, 0.2) is 12.3 Å². The molecule has 4 nitrogen and oxygen atoms in total. The molecule has 0 aliphatic carbocycles. The normalized spacial score (nSPS) is 24.0. The predicted molar refractivity (Wildman–Crippen MR) is 77.0 cm³/mol. The van der Waals surface area contributed by atoms with Crippen molar-refractivity contribution in [1.82, 2.24) is 10.3 Å². The van der Waals surface area contributed by atoms with Gasteiger partial charge in [-0.2, -0.15) is 22.0 Å². The van der Waals surface area contributed by atoms with Crippen molar-refractivity contribution in [2.45, 2.75) is 38.3 Å². The quantitative estimate of drug-likeness (QED) is 0.812. The smallest absolute Gasteiger partial charge is 0.368 e. The number of nitrogens with zero attached hydrogens (tertiary/aromatic N) is 1. The van der Waals surface area contributed by atoms with E-state index in [2.05, 4.69) is 20.4 Å². The molecule has 1 aromatic heterocycles. The number of alkyl halides is 5. The Balaban J connectivity index is 0.00000264. The number of pyridine rings is 1. The largest absolute Gasteiger partial charge is 0.417 e. The maximum atomic E-state index is 13.0. The third-order valence-corrected chi connectivity index (χ3v) is 3.39. The van der Waals surface area contributed by atoms with Crippen molar-refractivity contribution < 1.29 is 26.7 Å². The first-order valence-electron chi connectivity index (χ1n) is 6.65. The van der Waals surface area contributed by atoms with Gasteiger partial charge in [-0.05, 0) is 25.5 Å². The predicted octanol–water partition coefficient (Wildman–Crippen LogP) is 3.21. The van der Waals surface area contributed by atoms with Crippen LogP contribution >= 0.6 is 12.4 Å². The molecular formula is C13H17ClF5N3O. The molecule has 10 heteroatoms. The molecule has 0 bridgehead atoms. The zero-order chi connectivity index (χ0) is 16.5. The molecule has 1 aliphatic rings. The van der Waals surface area contributed by atoms with Crippen LogP contribution in [0.3, 0.4) is 0 Å². The molecule has 0 saturated carbocycles. The number of aromatic nitrogens is 1. The minimum atomic E-state index is -4.45. The molecule has 0 radical (unpaired) electrons. The van der Waals surface area contributed by atoms with Crippen LogP contribution in [-0.4, -0.2) is 36.3 Å². The highest BCUT2D eigenvalue weighted by Crippen LogP contribution is 2.30. The van der Waals surface area contributed by atoms with Gasteiger partial charge < -0.3 is 15.4 Å². The average molecular weight is 362 g/mol. The SMILES string of the molecule is Cc1cc(C(F)(F)F)cnc1NC[C@H]1NCC(F)(F)O[C@H]1C.Cl. The molecular weight excluding hydrogens is 345 g/mol. The van der Waals surface area contributed by atoms with Crippen LogP contribution in [-0.2, 0) is 10.9 Å². The highest BCUT2D eigenvalue weighted by Gasteiger charge is 2.40. The lowest BCUT2D eigenvalue weighted by Crippen LogP contribution is -2.57. The van der Waals surface area contributed by atoms with Crippen molar-refractivity contribution >= 4 is 18.2 Å². The van der Waals surface area contributed by atoms with Gasteiger partial charge in [0.05, 0.1) is 24.3 Å². The molecule has 1 aromatic rings. The van der Waals surface area contributed by atoms with Crippen LogP contribution < -0.4 is 10.6 Å². The van der Waals surface area contributed by atoms with E-state index in [1.807, 2.05) is 0 Å². The van der Waals surface area contributed by atoms with Crippen molar-refractivity contribution in [3.05, 3.63) is 23.4 Å². The van der Waals surface area contributed by atoms with Gasteiger partial charge in [0.15, 0.2) is 0 Å². The van der Waals surface area contributed by atoms with E-state index in [0.29, 0.717) is 5.56 Å². The molecule has 132 valence electrons. The fourth-order valence-corrected chi connectivity index (χ4v) is 2.17. The van der Waals surface area contributed by atoms with Crippen LogP contribution in [0, 0.1) is 6.92 Å². The summed E-state index contributed by atoms with van der Waals surface area (Å²) in [4.78, 5) is 3.73. The molecule has 0 aromatic carbocycles. The van der Waals surface area contributed by atoms with Crippen LogP contribution in [0.5, 0.6) is 0 Å². The molecule has 2 atom stereocenters. The number of rotatable bonds is 3. The van der Waals surface area contributed by atoms with E-state index in [1.54, 1.807) is 0 Å². The summed E-state index contributed by atoms with van der Waals surface area (Å²) >= 11 is 0. The van der Waals surface area contributed by atoms with Gasteiger partial charge in [0, 0.05) is 12.7 Å². The van der Waals surface area contributed by atoms with Gasteiger partial charge in [-0.15, -0.1) is 12.4 Å². The van der Waals surface area contributed by atoms with E-state index in [9.17, 15) is 22.0 Å². The Morgan fingerprint density at radius 1 is 1.43 bits per heavy atom. The van der Waals surface area contributed by atoms with Gasteiger partial charge in [-0.1, -0.05) is 0 Å². The molecule has 2 heterocycles. The zero-order valence-electron chi connectivity index (χ0n) is 12.4. The van der Waals surface area contributed by atoms with Crippen molar-refractivity contribution in [3.63, 3.8) is 0 Å². The van der Waals surface area contributed by atoms with Crippen LogP contribution in [0.4, 0.5) is 27.8 Å². The van der Waals surface area contributed by atoms with Crippen LogP contribution in [0.2, 0.25) is 0 Å². The molecule has 1 fully saturated rings. The maximum Gasteiger partial charge on any atom is 0.417 e. The summed E-state index contributed by atoms with van der Waals surface area (Å²) in [5, 5.41) is 5.49. The van der Waals surface area contributed by atoms with Gasteiger partial charge in [0.25, 0.3) is 0 Å². The summed E-state index contributed by atoms with van der Waals surface area (Å²) in [5.41, 5.74) is -0.507. The van der Waals surface area contributed by atoms with Crippen molar-refractivity contribution in [3.8, 4) is 0 Å². The average Bonchev–Trinajstić information content (AvgIpc) is 2.37. The Morgan fingerprint density at radius 3 is 2.61 bits per heavy atom. The summed E-state index contributed by atoms with van der Waals surface area (Å²) in [7, 11) is 0. The van der Waals surface area contributed by atoms with E-state index >= 15 is 0 Å². The van der Waals surface area contributed by atoms with Crippen molar-refractivity contribution in [2.75, 3.05) is 18.4 Å². The van der Waals surface area contributed by atoms with Crippen molar-refractivity contribution in [2.24, 2.45) is 0 Å². The topological polar surface area (TPSA) is 46.2 Å². The number of anilines is 1. The lowest BCUT2D eigenvalue weighted by Gasteiger charge is -2.35. The first-order chi connectivity index (χ1) is 10.1. The first kappa shape index (κ1) is 19.9. The zero-order valence-corrected chi connectivity index (χ0v) is 13.2. The summed E-state index contributed by atoms with van der Waals surface area (Å²) in [5.74, 6) is 0.277. The summed E-state index contributed by atoms with van der Waals surface area (Å²) in [6, 6.07) is 0.584.